The minimum Gasteiger partial charge on any atom is -0.432 e. The second kappa shape index (κ2) is 7.16. The fraction of sp³-hybridized carbons (Fsp3) is 0.462. The van der Waals surface area contributed by atoms with Crippen LogP contribution in [0.2, 0.25) is 0 Å². The number of hydrogen-bond donors (Lipinski definition) is 3. The Kier molecular flexibility index (Phi) is 5.83. The number of benzene rings is 1. The molecule has 0 spiro atoms. The van der Waals surface area contributed by atoms with Crippen LogP contribution < -0.4 is 15.4 Å². The van der Waals surface area contributed by atoms with Crippen molar-refractivity contribution >= 4 is 11.7 Å². The summed E-state index contributed by atoms with van der Waals surface area (Å²) < 4.78 is 41.4. The Hall–Kier alpha value is -1.96. The van der Waals surface area contributed by atoms with Gasteiger partial charge in [-0.25, -0.2) is 9.18 Å². The maximum atomic E-state index is 13.5. The number of carbonyl (C=O) groups is 1. The third-order valence-corrected chi connectivity index (χ3v) is 2.95. The number of rotatable bonds is 6. The van der Waals surface area contributed by atoms with Crippen molar-refractivity contribution in [2.45, 2.75) is 32.4 Å². The van der Waals surface area contributed by atoms with Crippen molar-refractivity contribution in [3.8, 4) is 5.75 Å². The molecular formula is C13H17F3N2O3. The number of hydrogen-bond acceptors (Lipinski definition) is 3. The molecule has 0 radical (unpaired) electrons. The lowest BCUT2D eigenvalue weighted by Crippen LogP contribution is -2.50. The fourth-order valence-electron chi connectivity index (χ4n) is 1.45. The molecule has 0 heterocycles. The van der Waals surface area contributed by atoms with Gasteiger partial charge in [0.2, 0.25) is 0 Å². The summed E-state index contributed by atoms with van der Waals surface area (Å²) in [7, 11) is 0. The number of nitrogens with one attached hydrogen (secondary N) is 2. The Morgan fingerprint density at radius 3 is 2.62 bits per heavy atom. The largest absolute Gasteiger partial charge is 0.432 e. The lowest BCUT2D eigenvalue weighted by Gasteiger charge is -2.27. The standard InChI is InChI=1S/C13H17F3N2O3/c1-3-13(2,7-19)18-12(20)17-8-4-5-10(9(14)6-8)21-11(15)16/h4-6,11,19H,3,7H2,1-2H3,(H2,17,18,20). The highest BCUT2D eigenvalue weighted by molar-refractivity contribution is 5.89. The monoisotopic (exact) mass is 306 g/mol. The minimum absolute atomic E-state index is 0.0722. The topological polar surface area (TPSA) is 70.6 Å². The lowest BCUT2D eigenvalue weighted by atomic mass is 10.0. The summed E-state index contributed by atoms with van der Waals surface area (Å²) in [5.41, 5.74) is -0.732. The van der Waals surface area contributed by atoms with Gasteiger partial charge in [0, 0.05) is 11.8 Å². The van der Waals surface area contributed by atoms with Crippen LogP contribution in [-0.4, -0.2) is 29.9 Å². The van der Waals surface area contributed by atoms with Gasteiger partial charge in [-0.3, -0.25) is 0 Å². The summed E-state index contributed by atoms with van der Waals surface area (Å²) in [6.45, 7) is 0.0441. The molecule has 21 heavy (non-hydrogen) atoms. The molecule has 0 bridgehead atoms. The molecule has 0 aliphatic carbocycles. The third kappa shape index (κ3) is 5.14. The number of urea groups is 1. The highest BCUT2D eigenvalue weighted by Gasteiger charge is 2.23. The Balaban J connectivity index is 2.71. The molecule has 1 atom stereocenters. The average Bonchev–Trinajstić information content (AvgIpc) is 2.41. The predicted octanol–water partition coefficient (Wildman–Crippen LogP) is 2.71. The number of amides is 2. The van der Waals surface area contributed by atoms with Crippen molar-refractivity contribution in [1.29, 1.82) is 0 Å². The van der Waals surface area contributed by atoms with E-state index in [9.17, 15) is 23.1 Å². The Morgan fingerprint density at radius 1 is 1.48 bits per heavy atom. The van der Waals surface area contributed by atoms with E-state index in [0.717, 1.165) is 12.1 Å². The van der Waals surface area contributed by atoms with Crippen molar-refractivity contribution in [3.05, 3.63) is 24.0 Å². The Bertz CT molecular complexity index is 494. The molecule has 5 nitrogen and oxygen atoms in total. The number of aliphatic hydroxyl groups is 1. The van der Waals surface area contributed by atoms with Crippen LogP contribution in [0.1, 0.15) is 20.3 Å². The van der Waals surface area contributed by atoms with Crippen molar-refractivity contribution in [2.75, 3.05) is 11.9 Å². The van der Waals surface area contributed by atoms with Gasteiger partial charge in [-0.05, 0) is 25.5 Å². The number of carbonyl (C=O) groups excluding carboxylic acids is 1. The molecule has 1 rings (SSSR count). The summed E-state index contributed by atoms with van der Waals surface area (Å²) >= 11 is 0. The van der Waals surface area contributed by atoms with Gasteiger partial charge in [-0.2, -0.15) is 8.78 Å². The van der Waals surface area contributed by atoms with Gasteiger partial charge in [0.15, 0.2) is 11.6 Å². The molecule has 0 fully saturated rings. The molecule has 1 aromatic rings. The number of ether oxygens (including phenoxy) is 1. The first-order valence-corrected chi connectivity index (χ1v) is 6.24. The van der Waals surface area contributed by atoms with Crippen LogP contribution in [0.3, 0.4) is 0 Å². The van der Waals surface area contributed by atoms with Crippen LogP contribution >= 0.6 is 0 Å². The molecule has 1 aromatic carbocycles. The first-order valence-electron chi connectivity index (χ1n) is 6.24. The van der Waals surface area contributed by atoms with Gasteiger partial charge in [0.1, 0.15) is 0 Å². The van der Waals surface area contributed by atoms with Crippen molar-refractivity contribution in [3.63, 3.8) is 0 Å². The van der Waals surface area contributed by atoms with E-state index in [4.69, 9.17) is 0 Å². The normalized spacial score (nSPS) is 13.7. The van der Waals surface area contributed by atoms with Crippen molar-refractivity contribution < 1.29 is 27.8 Å². The van der Waals surface area contributed by atoms with E-state index in [0.29, 0.717) is 6.42 Å². The van der Waals surface area contributed by atoms with Gasteiger partial charge in [0.25, 0.3) is 0 Å². The van der Waals surface area contributed by atoms with Gasteiger partial charge in [0.05, 0.1) is 12.1 Å². The van der Waals surface area contributed by atoms with E-state index in [1.165, 1.54) is 6.07 Å². The molecule has 3 N–H and O–H groups in total. The van der Waals surface area contributed by atoms with Crippen LogP contribution in [0, 0.1) is 5.82 Å². The molecule has 1 unspecified atom stereocenters. The van der Waals surface area contributed by atoms with Crippen LogP contribution in [0.4, 0.5) is 23.7 Å². The number of anilines is 1. The van der Waals surface area contributed by atoms with Crippen LogP contribution in [0.5, 0.6) is 5.75 Å². The number of aliphatic hydroxyl groups excluding tert-OH is 1. The maximum Gasteiger partial charge on any atom is 0.387 e. The summed E-state index contributed by atoms with van der Waals surface area (Å²) in [5.74, 6) is -1.63. The molecule has 0 aliphatic rings. The van der Waals surface area contributed by atoms with E-state index < -0.39 is 29.7 Å². The summed E-state index contributed by atoms with van der Waals surface area (Å²) in [6, 6.07) is 2.43. The number of halogens is 3. The lowest BCUT2D eigenvalue weighted by molar-refractivity contribution is -0.0521. The highest BCUT2D eigenvalue weighted by Crippen LogP contribution is 2.22. The third-order valence-electron chi connectivity index (χ3n) is 2.95. The highest BCUT2D eigenvalue weighted by atomic mass is 19.3. The molecule has 0 aromatic heterocycles. The molecule has 118 valence electrons. The van der Waals surface area contributed by atoms with Crippen LogP contribution in [-0.2, 0) is 0 Å². The molecule has 0 saturated carbocycles. The van der Waals surface area contributed by atoms with Gasteiger partial charge >= 0.3 is 12.6 Å². The second-order valence-electron chi connectivity index (χ2n) is 4.68. The number of alkyl halides is 2. The van der Waals surface area contributed by atoms with E-state index in [-0.39, 0.29) is 12.3 Å². The maximum absolute atomic E-state index is 13.5. The molecule has 0 aliphatic heterocycles. The molecular weight excluding hydrogens is 289 g/mol. The fourth-order valence-corrected chi connectivity index (χ4v) is 1.45. The van der Waals surface area contributed by atoms with E-state index in [1.54, 1.807) is 13.8 Å². The van der Waals surface area contributed by atoms with Crippen LogP contribution in [0.25, 0.3) is 0 Å². The second-order valence-corrected chi connectivity index (χ2v) is 4.68. The Morgan fingerprint density at radius 2 is 2.14 bits per heavy atom. The average molecular weight is 306 g/mol. The SMILES string of the molecule is CCC(C)(CO)NC(=O)Nc1ccc(OC(F)F)c(F)c1. The van der Waals surface area contributed by atoms with Crippen molar-refractivity contribution in [1.82, 2.24) is 5.32 Å². The smallest absolute Gasteiger partial charge is 0.387 e. The molecule has 0 saturated heterocycles. The zero-order valence-corrected chi connectivity index (χ0v) is 11.6. The first kappa shape index (κ1) is 17.1. The summed E-state index contributed by atoms with van der Waals surface area (Å²) in [5, 5.41) is 14.1. The van der Waals surface area contributed by atoms with E-state index in [1.807, 2.05) is 0 Å². The molecule has 2 amide bonds. The Labute approximate surface area is 120 Å². The molecule has 8 heteroatoms. The van der Waals surface area contributed by atoms with E-state index in [2.05, 4.69) is 15.4 Å². The summed E-state index contributed by atoms with van der Waals surface area (Å²) in [6.07, 6.45) is 0.493. The van der Waals surface area contributed by atoms with Gasteiger partial charge < -0.3 is 20.5 Å². The van der Waals surface area contributed by atoms with Crippen molar-refractivity contribution in [2.24, 2.45) is 0 Å². The van der Waals surface area contributed by atoms with Crippen LogP contribution in [0.15, 0.2) is 18.2 Å². The van der Waals surface area contributed by atoms with Gasteiger partial charge in [-0.15, -0.1) is 0 Å². The first-order chi connectivity index (χ1) is 9.79. The van der Waals surface area contributed by atoms with Gasteiger partial charge in [-0.1, -0.05) is 6.92 Å². The zero-order chi connectivity index (χ0) is 16.0. The zero-order valence-electron chi connectivity index (χ0n) is 11.6. The summed E-state index contributed by atoms with van der Waals surface area (Å²) in [4.78, 5) is 11.7. The quantitative estimate of drug-likeness (QED) is 0.757. The predicted molar refractivity (Wildman–Crippen MR) is 71.0 cm³/mol. The minimum atomic E-state index is -3.13. The van der Waals surface area contributed by atoms with E-state index >= 15 is 0 Å².